The summed E-state index contributed by atoms with van der Waals surface area (Å²) in [6.07, 6.45) is 0. The van der Waals surface area contributed by atoms with Gasteiger partial charge in [-0.25, -0.2) is 4.79 Å². The maximum Gasteiger partial charge on any atom is 0.335 e. The van der Waals surface area contributed by atoms with Crippen LogP contribution in [0.1, 0.15) is 10.4 Å². The van der Waals surface area contributed by atoms with Crippen LogP contribution in [-0.2, 0) is 0 Å². The van der Waals surface area contributed by atoms with Gasteiger partial charge in [-0.3, -0.25) is 0 Å². The molecule has 2 aromatic rings. The predicted molar refractivity (Wildman–Crippen MR) is 62.0 cm³/mol. The number of hydrogen-bond acceptors (Lipinski definition) is 2. The number of carboxylic acid groups (broad SMARTS) is 1. The summed E-state index contributed by atoms with van der Waals surface area (Å²) in [5.41, 5.74) is 2.09. The number of carbonyl (C=O) groups is 1. The van der Waals surface area contributed by atoms with Crippen LogP contribution in [-0.4, -0.2) is 11.1 Å². The average Bonchev–Trinajstić information content (AvgIpc) is 2.31. The molecule has 0 aliphatic rings. The Balaban J connectivity index is 2.14. The highest BCUT2D eigenvalue weighted by Gasteiger charge is 2.01. The summed E-state index contributed by atoms with van der Waals surface area (Å²) in [4.78, 5) is 10.6. The van der Waals surface area contributed by atoms with Crippen molar-refractivity contribution in [3.8, 4) is 0 Å². The van der Waals surface area contributed by atoms with Crippen molar-refractivity contribution in [2.24, 2.45) is 0 Å². The molecule has 0 fully saturated rings. The van der Waals surface area contributed by atoms with Gasteiger partial charge < -0.3 is 10.4 Å². The maximum absolute atomic E-state index is 10.6. The van der Waals surface area contributed by atoms with Gasteiger partial charge in [0.05, 0.1) is 5.56 Å². The van der Waals surface area contributed by atoms with Crippen LogP contribution in [0.15, 0.2) is 48.5 Å². The molecule has 3 nitrogen and oxygen atoms in total. The standard InChI is InChI=1S/C13H10NO2/c15-13(16)10-6-8-12(9-7-10)14-11-4-2-1-3-5-11/h2-9,14H,(H,15,16). The number of aromatic carboxylic acids is 1. The van der Waals surface area contributed by atoms with E-state index in [0.717, 1.165) is 11.4 Å². The molecule has 16 heavy (non-hydrogen) atoms. The summed E-state index contributed by atoms with van der Waals surface area (Å²) in [6.45, 7) is 0. The Morgan fingerprint density at radius 3 is 2.12 bits per heavy atom. The van der Waals surface area contributed by atoms with E-state index in [1.54, 1.807) is 24.3 Å². The topological polar surface area (TPSA) is 49.3 Å². The lowest BCUT2D eigenvalue weighted by Crippen LogP contribution is -1.96. The number of anilines is 2. The van der Waals surface area contributed by atoms with Crippen molar-refractivity contribution in [1.82, 2.24) is 0 Å². The van der Waals surface area contributed by atoms with Gasteiger partial charge in [0.25, 0.3) is 0 Å². The molecule has 0 saturated carbocycles. The Hall–Kier alpha value is -2.29. The van der Waals surface area contributed by atoms with E-state index in [2.05, 4.69) is 11.4 Å². The van der Waals surface area contributed by atoms with Gasteiger partial charge >= 0.3 is 5.97 Å². The number of benzene rings is 2. The van der Waals surface area contributed by atoms with Gasteiger partial charge in [-0.1, -0.05) is 12.1 Å². The molecule has 0 atom stereocenters. The molecule has 2 rings (SSSR count). The minimum Gasteiger partial charge on any atom is -0.478 e. The molecular formula is C13H10NO2. The molecular weight excluding hydrogens is 202 g/mol. The monoisotopic (exact) mass is 212 g/mol. The fraction of sp³-hybridized carbons (Fsp3) is 0. The summed E-state index contributed by atoms with van der Waals surface area (Å²) in [5, 5.41) is 11.9. The van der Waals surface area contributed by atoms with Gasteiger partial charge in [0, 0.05) is 11.4 Å². The normalized spacial score (nSPS) is 9.75. The fourth-order valence-electron chi connectivity index (χ4n) is 1.33. The number of hydrogen-bond donors (Lipinski definition) is 2. The first-order valence-electron chi connectivity index (χ1n) is 4.82. The quantitative estimate of drug-likeness (QED) is 0.822. The highest BCUT2D eigenvalue weighted by atomic mass is 16.4. The zero-order valence-corrected chi connectivity index (χ0v) is 8.47. The van der Waals surface area contributed by atoms with Crippen LogP contribution in [0.3, 0.4) is 0 Å². The molecule has 2 aromatic carbocycles. The van der Waals surface area contributed by atoms with Crippen molar-refractivity contribution in [2.75, 3.05) is 5.32 Å². The van der Waals surface area contributed by atoms with Crippen molar-refractivity contribution in [2.45, 2.75) is 0 Å². The minimum absolute atomic E-state index is 0.284. The lowest BCUT2D eigenvalue weighted by Gasteiger charge is -2.05. The highest BCUT2D eigenvalue weighted by molar-refractivity contribution is 5.88. The zero-order chi connectivity index (χ0) is 11.4. The van der Waals surface area contributed by atoms with Crippen molar-refractivity contribution >= 4 is 17.3 Å². The van der Waals surface area contributed by atoms with E-state index >= 15 is 0 Å². The Kier molecular flexibility index (Phi) is 2.87. The first kappa shape index (κ1) is 10.2. The Morgan fingerprint density at radius 1 is 1.00 bits per heavy atom. The molecule has 0 aromatic heterocycles. The summed E-state index contributed by atoms with van der Waals surface area (Å²) in [6, 6.07) is 17.0. The van der Waals surface area contributed by atoms with Crippen LogP contribution in [0.25, 0.3) is 0 Å². The fourth-order valence-corrected chi connectivity index (χ4v) is 1.33. The summed E-state index contributed by atoms with van der Waals surface area (Å²) in [7, 11) is 0. The molecule has 2 N–H and O–H groups in total. The molecule has 0 amide bonds. The minimum atomic E-state index is -0.916. The second kappa shape index (κ2) is 4.49. The third-order valence-electron chi connectivity index (χ3n) is 2.14. The maximum atomic E-state index is 10.6. The van der Waals surface area contributed by atoms with Gasteiger partial charge in [0.15, 0.2) is 0 Å². The van der Waals surface area contributed by atoms with Crippen LogP contribution in [0.5, 0.6) is 0 Å². The molecule has 3 heteroatoms. The number of carboxylic acids is 1. The Labute approximate surface area is 93.4 Å². The summed E-state index contributed by atoms with van der Waals surface area (Å²) in [5.74, 6) is -0.916. The number of nitrogens with one attached hydrogen (secondary N) is 1. The van der Waals surface area contributed by atoms with E-state index in [-0.39, 0.29) is 5.56 Å². The van der Waals surface area contributed by atoms with Gasteiger partial charge in [-0.2, -0.15) is 0 Å². The van der Waals surface area contributed by atoms with Gasteiger partial charge in [-0.15, -0.1) is 0 Å². The number of rotatable bonds is 3. The average molecular weight is 212 g/mol. The second-order valence-corrected chi connectivity index (χ2v) is 3.30. The molecule has 0 unspecified atom stereocenters. The third kappa shape index (κ3) is 2.39. The first-order valence-corrected chi connectivity index (χ1v) is 4.82. The summed E-state index contributed by atoms with van der Waals surface area (Å²) >= 11 is 0. The van der Waals surface area contributed by atoms with Crippen molar-refractivity contribution in [3.63, 3.8) is 0 Å². The molecule has 0 heterocycles. The van der Waals surface area contributed by atoms with Crippen LogP contribution < -0.4 is 5.32 Å². The molecule has 0 saturated heterocycles. The summed E-state index contributed by atoms with van der Waals surface area (Å²) < 4.78 is 0. The molecule has 1 radical (unpaired) electrons. The van der Waals surface area contributed by atoms with Crippen molar-refractivity contribution < 1.29 is 9.90 Å². The predicted octanol–water partition coefficient (Wildman–Crippen LogP) is 2.93. The van der Waals surface area contributed by atoms with Crippen molar-refractivity contribution in [1.29, 1.82) is 0 Å². The van der Waals surface area contributed by atoms with Crippen molar-refractivity contribution in [3.05, 3.63) is 60.2 Å². The molecule has 79 valence electrons. The van der Waals surface area contributed by atoms with E-state index in [1.807, 2.05) is 24.3 Å². The SMILES string of the molecule is O=C(O)c1ccc(Nc2cc[c]cc2)cc1. The largest absolute Gasteiger partial charge is 0.478 e. The van der Waals surface area contributed by atoms with Crippen LogP contribution in [0.2, 0.25) is 0 Å². The van der Waals surface area contributed by atoms with Gasteiger partial charge in [0.1, 0.15) is 0 Å². The van der Waals surface area contributed by atoms with E-state index < -0.39 is 5.97 Å². The van der Waals surface area contributed by atoms with E-state index in [0.29, 0.717) is 0 Å². The molecule has 0 aliphatic heterocycles. The van der Waals surface area contributed by atoms with Crippen LogP contribution in [0, 0.1) is 6.07 Å². The molecule has 0 spiro atoms. The van der Waals surface area contributed by atoms with Gasteiger partial charge in [0.2, 0.25) is 0 Å². The lowest BCUT2D eigenvalue weighted by atomic mass is 10.2. The second-order valence-electron chi connectivity index (χ2n) is 3.30. The lowest BCUT2D eigenvalue weighted by molar-refractivity contribution is 0.0697. The first-order chi connectivity index (χ1) is 7.75. The van der Waals surface area contributed by atoms with Crippen LogP contribution in [0.4, 0.5) is 11.4 Å². The zero-order valence-electron chi connectivity index (χ0n) is 8.47. The van der Waals surface area contributed by atoms with Crippen LogP contribution >= 0.6 is 0 Å². The highest BCUT2D eigenvalue weighted by Crippen LogP contribution is 2.16. The van der Waals surface area contributed by atoms with E-state index in [9.17, 15) is 4.79 Å². The molecule has 0 aliphatic carbocycles. The van der Waals surface area contributed by atoms with Gasteiger partial charge in [-0.05, 0) is 42.5 Å². The van der Waals surface area contributed by atoms with E-state index in [4.69, 9.17) is 5.11 Å². The smallest absolute Gasteiger partial charge is 0.335 e. The third-order valence-corrected chi connectivity index (χ3v) is 2.14. The van der Waals surface area contributed by atoms with E-state index in [1.165, 1.54) is 0 Å². The Morgan fingerprint density at radius 2 is 1.56 bits per heavy atom. The molecule has 0 bridgehead atoms. The Bertz CT molecular complexity index is 477.